The van der Waals surface area contributed by atoms with Gasteiger partial charge in [0.25, 0.3) is 0 Å². The summed E-state index contributed by atoms with van der Waals surface area (Å²) in [6.45, 7) is 0. The maximum Gasteiger partial charge on any atom is 0.173 e. The topological polar surface area (TPSA) is 58.6 Å². The van der Waals surface area contributed by atoms with Crippen LogP contribution in [0, 0.1) is 5.82 Å². The Morgan fingerprint density at radius 2 is 1.85 bits per heavy atom. The fraction of sp³-hybridized carbons (Fsp3) is 0.133. The SMILES string of the molecule is N/C(=N/O)c1cccc(CSCc2ccccc2)c1F. The van der Waals surface area contributed by atoms with Crippen LogP contribution >= 0.6 is 11.8 Å². The molecule has 104 valence electrons. The molecule has 0 aliphatic rings. The van der Waals surface area contributed by atoms with E-state index in [1.54, 1.807) is 23.9 Å². The molecule has 3 N–H and O–H groups in total. The average molecular weight is 290 g/mol. The molecule has 3 nitrogen and oxygen atoms in total. The van der Waals surface area contributed by atoms with E-state index < -0.39 is 5.82 Å². The normalized spacial score (nSPS) is 11.6. The van der Waals surface area contributed by atoms with E-state index in [0.717, 1.165) is 5.75 Å². The van der Waals surface area contributed by atoms with Crippen molar-refractivity contribution in [3.05, 3.63) is 71.0 Å². The molecule has 0 bridgehead atoms. The molecule has 2 rings (SSSR count). The van der Waals surface area contributed by atoms with Crippen LogP contribution in [0.2, 0.25) is 0 Å². The van der Waals surface area contributed by atoms with E-state index in [4.69, 9.17) is 10.9 Å². The number of benzene rings is 2. The van der Waals surface area contributed by atoms with Gasteiger partial charge in [0, 0.05) is 11.5 Å². The van der Waals surface area contributed by atoms with Crippen LogP contribution in [-0.2, 0) is 11.5 Å². The van der Waals surface area contributed by atoms with Crippen molar-refractivity contribution >= 4 is 17.6 Å². The Morgan fingerprint density at radius 3 is 2.55 bits per heavy atom. The Labute approximate surface area is 121 Å². The van der Waals surface area contributed by atoms with Gasteiger partial charge in [-0.25, -0.2) is 4.39 Å². The first-order valence-corrected chi connectivity index (χ1v) is 7.25. The third kappa shape index (κ3) is 3.51. The summed E-state index contributed by atoms with van der Waals surface area (Å²) in [5.74, 6) is 0.710. The van der Waals surface area contributed by atoms with Gasteiger partial charge >= 0.3 is 0 Å². The Morgan fingerprint density at radius 1 is 1.10 bits per heavy atom. The summed E-state index contributed by atoms with van der Waals surface area (Å²) in [4.78, 5) is 0. The fourth-order valence-corrected chi connectivity index (χ4v) is 2.77. The predicted octanol–water partition coefficient (Wildman–Crippen LogP) is 3.35. The number of hydrogen-bond donors (Lipinski definition) is 2. The van der Waals surface area contributed by atoms with Gasteiger partial charge in [0.1, 0.15) is 5.82 Å². The van der Waals surface area contributed by atoms with Crippen molar-refractivity contribution in [2.24, 2.45) is 10.9 Å². The number of thioether (sulfide) groups is 1. The second-order valence-electron chi connectivity index (χ2n) is 4.24. The number of rotatable bonds is 5. The maximum atomic E-state index is 14.2. The number of amidine groups is 1. The summed E-state index contributed by atoms with van der Waals surface area (Å²) >= 11 is 1.62. The molecule has 2 aromatic carbocycles. The Bertz CT molecular complexity index is 602. The molecule has 0 aliphatic carbocycles. The van der Waals surface area contributed by atoms with Crippen LogP contribution in [0.4, 0.5) is 4.39 Å². The molecule has 0 radical (unpaired) electrons. The zero-order chi connectivity index (χ0) is 14.4. The molecule has 0 spiro atoms. The second-order valence-corrected chi connectivity index (χ2v) is 5.23. The van der Waals surface area contributed by atoms with Crippen LogP contribution < -0.4 is 5.73 Å². The van der Waals surface area contributed by atoms with E-state index in [2.05, 4.69) is 5.16 Å². The molecule has 0 atom stereocenters. The monoisotopic (exact) mass is 290 g/mol. The second kappa shape index (κ2) is 6.96. The third-order valence-corrected chi connectivity index (χ3v) is 3.88. The molecule has 0 saturated heterocycles. The summed E-state index contributed by atoms with van der Waals surface area (Å²) in [6, 6.07) is 14.9. The summed E-state index contributed by atoms with van der Waals surface area (Å²) < 4.78 is 14.2. The molecular weight excluding hydrogens is 275 g/mol. The van der Waals surface area contributed by atoms with Crippen molar-refractivity contribution in [1.29, 1.82) is 0 Å². The summed E-state index contributed by atoms with van der Waals surface area (Å²) in [5.41, 5.74) is 7.32. The quantitative estimate of drug-likeness (QED) is 0.384. The van der Waals surface area contributed by atoms with Gasteiger partial charge in [0.2, 0.25) is 0 Å². The van der Waals surface area contributed by atoms with E-state index in [1.807, 2.05) is 30.3 Å². The third-order valence-electron chi connectivity index (χ3n) is 2.83. The van der Waals surface area contributed by atoms with E-state index in [0.29, 0.717) is 11.3 Å². The van der Waals surface area contributed by atoms with Gasteiger partial charge in [-0.15, -0.1) is 0 Å². The number of nitrogens with two attached hydrogens (primary N) is 1. The van der Waals surface area contributed by atoms with Crippen LogP contribution in [0.15, 0.2) is 53.7 Å². The van der Waals surface area contributed by atoms with Crippen LogP contribution in [-0.4, -0.2) is 11.0 Å². The minimum absolute atomic E-state index is 0.130. The summed E-state index contributed by atoms with van der Waals surface area (Å²) in [7, 11) is 0. The lowest BCUT2D eigenvalue weighted by Gasteiger charge is -2.07. The van der Waals surface area contributed by atoms with Gasteiger partial charge in [-0.2, -0.15) is 11.8 Å². The van der Waals surface area contributed by atoms with Gasteiger partial charge in [-0.3, -0.25) is 0 Å². The Kier molecular flexibility index (Phi) is 5.01. The van der Waals surface area contributed by atoms with E-state index >= 15 is 0 Å². The highest BCUT2D eigenvalue weighted by molar-refractivity contribution is 7.97. The molecule has 0 amide bonds. The zero-order valence-corrected chi connectivity index (χ0v) is 11.6. The molecule has 5 heteroatoms. The lowest BCUT2D eigenvalue weighted by molar-refractivity contribution is 0.318. The average Bonchev–Trinajstić information content (AvgIpc) is 2.49. The highest BCUT2D eigenvalue weighted by atomic mass is 32.2. The van der Waals surface area contributed by atoms with Gasteiger partial charge in [-0.05, 0) is 17.2 Å². The molecule has 2 aromatic rings. The predicted molar refractivity (Wildman–Crippen MR) is 80.4 cm³/mol. The molecule has 0 unspecified atom stereocenters. The molecule has 0 aliphatic heterocycles. The first-order valence-electron chi connectivity index (χ1n) is 6.09. The zero-order valence-electron chi connectivity index (χ0n) is 10.8. The highest BCUT2D eigenvalue weighted by Gasteiger charge is 2.11. The molecule has 0 aromatic heterocycles. The largest absolute Gasteiger partial charge is 0.409 e. The van der Waals surface area contributed by atoms with Crippen LogP contribution in [0.5, 0.6) is 0 Å². The number of nitrogens with zero attached hydrogens (tertiary/aromatic N) is 1. The van der Waals surface area contributed by atoms with Crippen molar-refractivity contribution in [1.82, 2.24) is 0 Å². The van der Waals surface area contributed by atoms with Crippen molar-refractivity contribution in [3.8, 4) is 0 Å². The van der Waals surface area contributed by atoms with Crippen LogP contribution in [0.3, 0.4) is 0 Å². The lowest BCUT2D eigenvalue weighted by Crippen LogP contribution is -2.15. The number of oxime groups is 1. The number of halogens is 1. The first kappa shape index (κ1) is 14.4. The standard InChI is InChI=1S/C15H15FN2OS/c16-14-12(7-4-8-13(14)15(17)18-19)10-20-9-11-5-2-1-3-6-11/h1-8,19H,9-10H2,(H2,17,18). The minimum atomic E-state index is -0.427. The van der Waals surface area contributed by atoms with Crippen molar-refractivity contribution in [3.63, 3.8) is 0 Å². The highest BCUT2D eigenvalue weighted by Crippen LogP contribution is 2.21. The Hall–Kier alpha value is -2.01. The molecule has 20 heavy (non-hydrogen) atoms. The molecular formula is C15H15FN2OS. The smallest absolute Gasteiger partial charge is 0.173 e. The molecule has 0 heterocycles. The lowest BCUT2D eigenvalue weighted by atomic mass is 10.1. The van der Waals surface area contributed by atoms with Crippen LogP contribution in [0.25, 0.3) is 0 Å². The minimum Gasteiger partial charge on any atom is -0.409 e. The van der Waals surface area contributed by atoms with Crippen molar-refractivity contribution in [2.45, 2.75) is 11.5 Å². The molecule has 0 fully saturated rings. The maximum absolute atomic E-state index is 14.2. The van der Waals surface area contributed by atoms with Gasteiger partial charge < -0.3 is 10.9 Å². The van der Waals surface area contributed by atoms with Gasteiger partial charge in [0.15, 0.2) is 5.84 Å². The number of hydrogen-bond acceptors (Lipinski definition) is 3. The van der Waals surface area contributed by atoms with Crippen molar-refractivity contribution in [2.75, 3.05) is 0 Å². The fourth-order valence-electron chi connectivity index (χ4n) is 1.80. The van der Waals surface area contributed by atoms with Crippen LogP contribution in [0.1, 0.15) is 16.7 Å². The van der Waals surface area contributed by atoms with E-state index in [-0.39, 0.29) is 11.4 Å². The van der Waals surface area contributed by atoms with E-state index in [1.165, 1.54) is 11.6 Å². The Balaban J connectivity index is 2.03. The van der Waals surface area contributed by atoms with Crippen molar-refractivity contribution < 1.29 is 9.60 Å². The summed E-state index contributed by atoms with van der Waals surface area (Å²) in [6.07, 6.45) is 0. The summed E-state index contributed by atoms with van der Waals surface area (Å²) in [5, 5.41) is 11.5. The molecule has 0 saturated carbocycles. The first-order chi connectivity index (χ1) is 9.72. The van der Waals surface area contributed by atoms with Gasteiger partial charge in [0.05, 0.1) is 5.56 Å². The van der Waals surface area contributed by atoms with Gasteiger partial charge in [-0.1, -0.05) is 47.6 Å². The van der Waals surface area contributed by atoms with E-state index in [9.17, 15) is 4.39 Å².